The molecule has 0 heterocycles. The van der Waals surface area contributed by atoms with Crippen LogP contribution in [0, 0.1) is 5.92 Å². The second kappa shape index (κ2) is 5.71. The summed E-state index contributed by atoms with van der Waals surface area (Å²) >= 11 is 3.59. The van der Waals surface area contributed by atoms with Gasteiger partial charge in [0.05, 0.1) is 13.7 Å². The van der Waals surface area contributed by atoms with E-state index in [9.17, 15) is 0 Å². The number of rotatable bonds is 6. The van der Waals surface area contributed by atoms with Crippen LogP contribution in [-0.2, 0) is 6.42 Å². The molecule has 0 unspecified atom stereocenters. The van der Waals surface area contributed by atoms with Crippen molar-refractivity contribution in [1.29, 1.82) is 0 Å². The lowest BCUT2D eigenvalue weighted by molar-refractivity contribution is 0.280. The summed E-state index contributed by atoms with van der Waals surface area (Å²) in [6, 6.07) is 4.00. The summed E-state index contributed by atoms with van der Waals surface area (Å²) in [6.07, 6.45) is 3.35. The molecule has 1 aromatic carbocycles. The minimum absolute atomic E-state index is 0.246. The Morgan fingerprint density at radius 3 is 2.53 bits per heavy atom. The van der Waals surface area contributed by atoms with E-state index >= 15 is 0 Å². The van der Waals surface area contributed by atoms with Crippen LogP contribution in [0.4, 0.5) is 0 Å². The minimum Gasteiger partial charge on any atom is -0.493 e. The highest BCUT2D eigenvalue weighted by atomic mass is 79.9. The zero-order valence-corrected chi connectivity index (χ0v) is 13.4. The Bertz CT molecular complexity index is 450. The second-order valence-corrected chi connectivity index (χ2v) is 6.87. The molecule has 0 spiro atoms. The van der Waals surface area contributed by atoms with Crippen LogP contribution in [0.3, 0.4) is 0 Å². The summed E-state index contributed by atoms with van der Waals surface area (Å²) in [7, 11) is 1.67. The highest BCUT2D eigenvalue weighted by molar-refractivity contribution is 9.10. The molecule has 0 atom stereocenters. The van der Waals surface area contributed by atoms with E-state index < -0.39 is 0 Å². The molecule has 1 aromatic rings. The molecule has 2 rings (SSSR count). The van der Waals surface area contributed by atoms with E-state index in [1.54, 1.807) is 7.11 Å². The first-order valence-electron chi connectivity index (χ1n) is 6.67. The quantitative estimate of drug-likeness (QED) is 0.869. The van der Waals surface area contributed by atoms with Crippen LogP contribution in [0.15, 0.2) is 16.6 Å². The van der Waals surface area contributed by atoms with Gasteiger partial charge in [-0.15, -0.1) is 0 Å². The van der Waals surface area contributed by atoms with Gasteiger partial charge in [0.1, 0.15) is 0 Å². The zero-order valence-electron chi connectivity index (χ0n) is 11.8. The maximum Gasteiger partial charge on any atom is 0.162 e. The molecule has 0 aliphatic heterocycles. The van der Waals surface area contributed by atoms with Gasteiger partial charge in [0.25, 0.3) is 0 Å². The van der Waals surface area contributed by atoms with Crippen molar-refractivity contribution in [2.24, 2.45) is 11.7 Å². The fourth-order valence-electron chi connectivity index (χ4n) is 1.97. The molecule has 1 fully saturated rings. The number of ether oxygens (including phenoxy) is 2. The number of methoxy groups -OCH3 is 1. The highest BCUT2D eigenvalue weighted by Gasteiger charge is 2.23. The molecular formula is C15H22BrNO2. The minimum atomic E-state index is -0.246. The van der Waals surface area contributed by atoms with E-state index in [0.29, 0.717) is 0 Å². The van der Waals surface area contributed by atoms with E-state index in [1.807, 2.05) is 26.0 Å². The maximum absolute atomic E-state index is 6.08. The maximum atomic E-state index is 6.08. The van der Waals surface area contributed by atoms with Crippen molar-refractivity contribution in [2.45, 2.75) is 38.6 Å². The summed E-state index contributed by atoms with van der Waals surface area (Å²) in [4.78, 5) is 0. The normalized spacial score (nSPS) is 15.4. The van der Waals surface area contributed by atoms with Gasteiger partial charge in [-0.2, -0.15) is 0 Å². The largest absolute Gasteiger partial charge is 0.493 e. The van der Waals surface area contributed by atoms with Gasteiger partial charge in [-0.3, -0.25) is 0 Å². The number of hydrogen-bond acceptors (Lipinski definition) is 3. The highest BCUT2D eigenvalue weighted by Crippen LogP contribution is 2.37. The third-order valence-electron chi connectivity index (χ3n) is 3.15. The molecule has 0 bridgehead atoms. The van der Waals surface area contributed by atoms with Crippen molar-refractivity contribution >= 4 is 15.9 Å². The fourth-order valence-corrected chi connectivity index (χ4v) is 2.43. The first-order valence-corrected chi connectivity index (χ1v) is 7.46. The molecule has 4 heteroatoms. The molecule has 2 N–H and O–H groups in total. The number of hydrogen-bond donors (Lipinski definition) is 1. The van der Waals surface area contributed by atoms with Crippen molar-refractivity contribution in [3.05, 3.63) is 22.2 Å². The van der Waals surface area contributed by atoms with Crippen LogP contribution >= 0.6 is 15.9 Å². The van der Waals surface area contributed by atoms with E-state index in [4.69, 9.17) is 15.2 Å². The average Bonchev–Trinajstić information content (AvgIpc) is 3.11. The van der Waals surface area contributed by atoms with Crippen LogP contribution in [0.5, 0.6) is 11.5 Å². The van der Waals surface area contributed by atoms with Crippen molar-refractivity contribution < 1.29 is 9.47 Å². The lowest BCUT2D eigenvalue weighted by atomic mass is 9.96. The first kappa shape index (κ1) is 14.7. The van der Waals surface area contributed by atoms with Gasteiger partial charge in [0, 0.05) is 10.0 Å². The van der Waals surface area contributed by atoms with E-state index in [0.717, 1.165) is 40.5 Å². The summed E-state index contributed by atoms with van der Waals surface area (Å²) in [5, 5.41) is 0. The molecule has 106 valence electrons. The Balaban J connectivity index is 2.17. The molecule has 1 saturated carbocycles. The standard InChI is InChI=1S/C15H22BrNO2/c1-15(2,17)8-11-6-13(18-3)14(7-12(11)16)19-9-10-4-5-10/h6-7,10H,4-5,8-9,17H2,1-3H3. The topological polar surface area (TPSA) is 44.5 Å². The predicted octanol–water partition coefficient (Wildman–Crippen LogP) is 3.53. The van der Waals surface area contributed by atoms with Crippen molar-refractivity contribution in [3.63, 3.8) is 0 Å². The smallest absolute Gasteiger partial charge is 0.162 e. The van der Waals surface area contributed by atoms with Gasteiger partial charge in [-0.05, 0) is 56.7 Å². The summed E-state index contributed by atoms with van der Waals surface area (Å²) in [5.41, 5.74) is 6.98. The summed E-state index contributed by atoms with van der Waals surface area (Å²) in [5.74, 6) is 2.31. The summed E-state index contributed by atoms with van der Waals surface area (Å²) < 4.78 is 12.3. The van der Waals surface area contributed by atoms with Crippen LogP contribution in [0.25, 0.3) is 0 Å². The molecule has 0 saturated heterocycles. The van der Waals surface area contributed by atoms with Gasteiger partial charge in [0.2, 0.25) is 0 Å². The third-order valence-corrected chi connectivity index (χ3v) is 3.89. The van der Waals surface area contributed by atoms with Gasteiger partial charge in [-0.1, -0.05) is 15.9 Å². The van der Waals surface area contributed by atoms with Crippen molar-refractivity contribution in [3.8, 4) is 11.5 Å². The Kier molecular flexibility index (Phi) is 4.41. The lowest BCUT2D eigenvalue weighted by Crippen LogP contribution is -2.34. The number of halogens is 1. The Morgan fingerprint density at radius 2 is 2.00 bits per heavy atom. The molecule has 19 heavy (non-hydrogen) atoms. The van der Waals surface area contributed by atoms with Crippen molar-refractivity contribution in [1.82, 2.24) is 0 Å². The van der Waals surface area contributed by atoms with Crippen LogP contribution in [0.1, 0.15) is 32.3 Å². The Labute approximate surface area is 123 Å². The summed E-state index contributed by atoms with van der Waals surface area (Å²) in [6.45, 7) is 4.82. The predicted molar refractivity (Wildman–Crippen MR) is 80.9 cm³/mol. The van der Waals surface area contributed by atoms with E-state index in [2.05, 4.69) is 15.9 Å². The first-order chi connectivity index (χ1) is 8.89. The lowest BCUT2D eigenvalue weighted by Gasteiger charge is -2.21. The monoisotopic (exact) mass is 327 g/mol. The van der Waals surface area contributed by atoms with Gasteiger partial charge < -0.3 is 15.2 Å². The van der Waals surface area contributed by atoms with Gasteiger partial charge in [0.15, 0.2) is 11.5 Å². The molecule has 0 amide bonds. The Morgan fingerprint density at radius 1 is 1.32 bits per heavy atom. The zero-order chi connectivity index (χ0) is 14.0. The van der Waals surface area contributed by atoms with Gasteiger partial charge >= 0.3 is 0 Å². The molecule has 1 aliphatic carbocycles. The van der Waals surface area contributed by atoms with E-state index in [1.165, 1.54) is 12.8 Å². The average molecular weight is 328 g/mol. The van der Waals surface area contributed by atoms with Crippen LogP contribution in [0.2, 0.25) is 0 Å². The molecule has 0 aromatic heterocycles. The van der Waals surface area contributed by atoms with Crippen LogP contribution < -0.4 is 15.2 Å². The molecule has 1 aliphatic rings. The van der Waals surface area contributed by atoms with E-state index in [-0.39, 0.29) is 5.54 Å². The number of benzene rings is 1. The molecule has 0 radical (unpaired) electrons. The second-order valence-electron chi connectivity index (χ2n) is 6.01. The van der Waals surface area contributed by atoms with Gasteiger partial charge in [-0.25, -0.2) is 0 Å². The fraction of sp³-hybridized carbons (Fsp3) is 0.600. The molecular weight excluding hydrogens is 306 g/mol. The third kappa shape index (κ3) is 4.39. The Hall–Kier alpha value is -0.740. The molecule has 3 nitrogen and oxygen atoms in total. The number of nitrogens with two attached hydrogens (primary N) is 1. The SMILES string of the molecule is COc1cc(CC(C)(C)N)c(Br)cc1OCC1CC1. The van der Waals surface area contributed by atoms with Crippen molar-refractivity contribution in [2.75, 3.05) is 13.7 Å². The van der Waals surface area contributed by atoms with Crippen LogP contribution in [-0.4, -0.2) is 19.3 Å².